The predicted octanol–water partition coefficient (Wildman–Crippen LogP) is 4.16. The van der Waals surface area contributed by atoms with E-state index in [-0.39, 0.29) is 5.60 Å². The van der Waals surface area contributed by atoms with Crippen molar-refractivity contribution in [3.05, 3.63) is 21.9 Å². The molecule has 21 heavy (non-hydrogen) atoms. The van der Waals surface area contributed by atoms with E-state index in [0.29, 0.717) is 12.1 Å². The first kappa shape index (κ1) is 14.6. The second-order valence-corrected chi connectivity index (χ2v) is 8.97. The normalized spacial score (nSPS) is 32.0. The minimum atomic E-state index is 0.202. The highest BCUT2D eigenvalue weighted by molar-refractivity contribution is 7.99. The van der Waals surface area contributed by atoms with E-state index in [2.05, 4.69) is 28.5 Å². The lowest BCUT2D eigenvalue weighted by Crippen LogP contribution is -2.49. The molecule has 2 aliphatic heterocycles. The molecule has 2 nitrogen and oxygen atoms in total. The maximum Gasteiger partial charge on any atom is 0.0713 e. The zero-order valence-corrected chi connectivity index (χ0v) is 14.2. The first-order chi connectivity index (χ1) is 10.3. The summed E-state index contributed by atoms with van der Waals surface area (Å²) in [6, 6.07) is 3.60. The molecule has 1 aromatic heterocycles. The quantitative estimate of drug-likeness (QED) is 0.883. The van der Waals surface area contributed by atoms with Gasteiger partial charge in [0.2, 0.25) is 0 Å². The van der Waals surface area contributed by atoms with Gasteiger partial charge in [-0.15, -0.1) is 11.3 Å². The average molecular weight is 324 g/mol. The average Bonchev–Trinajstić information content (AvgIpc) is 2.98. The number of nitrogens with one attached hydrogen (secondary N) is 1. The zero-order valence-electron chi connectivity index (χ0n) is 12.6. The molecule has 1 aliphatic carbocycles. The molecule has 0 radical (unpaired) electrons. The lowest BCUT2D eigenvalue weighted by molar-refractivity contribution is -0.0944. The second-order valence-electron chi connectivity index (χ2n) is 6.74. The van der Waals surface area contributed by atoms with Crippen molar-refractivity contribution in [2.75, 3.05) is 18.1 Å². The van der Waals surface area contributed by atoms with Crippen LogP contribution in [0.4, 0.5) is 0 Å². The van der Waals surface area contributed by atoms with E-state index in [0.717, 1.165) is 6.61 Å². The highest BCUT2D eigenvalue weighted by Crippen LogP contribution is 2.39. The topological polar surface area (TPSA) is 21.3 Å². The molecule has 4 heteroatoms. The Labute approximate surface area is 136 Å². The maximum absolute atomic E-state index is 6.23. The summed E-state index contributed by atoms with van der Waals surface area (Å²) in [6.45, 7) is 0.950. The van der Waals surface area contributed by atoms with Gasteiger partial charge in [-0.25, -0.2) is 0 Å². The van der Waals surface area contributed by atoms with Crippen LogP contribution in [0.1, 0.15) is 55.0 Å². The van der Waals surface area contributed by atoms with Crippen molar-refractivity contribution in [3.63, 3.8) is 0 Å². The van der Waals surface area contributed by atoms with Gasteiger partial charge >= 0.3 is 0 Å². The van der Waals surface area contributed by atoms with Crippen LogP contribution >= 0.6 is 23.1 Å². The molecule has 0 bridgehead atoms. The molecule has 1 aromatic rings. The van der Waals surface area contributed by atoms with E-state index < -0.39 is 0 Å². The van der Waals surface area contributed by atoms with E-state index in [1.54, 1.807) is 10.4 Å². The van der Waals surface area contributed by atoms with Crippen LogP contribution in [0.25, 0.3) is 0 Å². The molecular formula is C17H25NOS2. The van der Waals surface area contributed by atoms with Crippen molar-refractivity contribution in [2.45, 2.75) is 62.6 Å². The highest BCUT2D eigenvalue weighted by atomic mass is 32.2. The number of rotatable bonds is 2. The third-order valence-electron chi connectivity index (χ3n) is 5.39. The summed E-state index contributed by atoms with van der Waals surface area (Å²) < 4.78 is 6.23. The van der Waals surface area contributed by atoms with Gasteiger partial charge in [0.1, 0.15) is 0 Å². The Morgan fingerprint density at radius 1 is 1.24 bits per heavy atom. The van der Waals surface area contributed by atoms with Gasteiger partial charge in [0.15, 0.2) is 0 Å². The van der Waals surface area contributed by atoms with Crippen molar-refractivity contribution in [1.82, 2.24) is 5.32 Å². The van der Waals surface area contributed by atoms with Crippen LogP contribution in [-0.4, -0.2) is 29.8 Å². The molecule has 0 saturated carbocycles. The van der Waals surface area contributed by atoms with Crippen molar-refractivity contribution in [3.8, 4) is 0 Å². The number of hydrogen-bond acceptors (Lipinski definition) is 4. The summed E-state index contributed by atoms with van der Waals surface area (Å²) in [7, 11) is 0. The zero-order chi connectivity index (χ0) is 14.1. The Morgan fingerprint density at radius 3 is 3.05 bits per heavy atom. The van der Waals surface area contributed by atoms with Gasteiger partial charge in [0, 0.05) is 23.6 Å². The molecule has 2 unspecified atom stereocenters. The Bertz CT molecular complexity index is 475. The molecule has 4 rings (SSSR count). The van der Waals surface area contributed by atoms with Crippen LogP contribution in [0, 0.1) is 0 Å². The number of ether oxygens (including phenoxy) is 1. The van der Waals surface area contributed by atoms with Crippen LogP contribution in [-0.2, 0) is 11.2 Å². The molecule has 3 heterocycles. The van der Waals surface area contributed by atoms with E-state index in [4.69, 9.17) is 4.74 Å². The van der Waals surface area contributed by atoms with Crippen molar-refractivity contribution < 1.29 is 4.74 Å². The lowest BCUT2D eigenvalue weighted by Gasteiger charge is -2.44. The standard InChI is InChI=1S/C17H25NOS2/c1-2-15(14-5-9-21-16(14)3-1)18-13-4-8-19-17(12-13)6-10-20-11-7-17/h5,9,13,15,18H,1-4,6-8,10-12H2. The van der Waals surface area contributed by atoms with Gasteiger partial charge in [-0.3, -0.25) is 0 Å². The fourth-order valence-electron chi connectivity index (χ4n) is 4.21. The van der Waals surface area contributed by atoms with Crippen LogP contribution in [0.5, 0.6) is 0 Å². The van der Waals surface area contributed by atoms with Gasteiger partial charge in [-0.2, -0.15) is 11.8 Å². The molecule has 116 valence electrons. The number of thiophene rings is 1. The largest absolute Gasteiger partial charge is 0.375 e. The first-order valence-electron chi connectivity index (χ1n) is 8.39. The van der Waals surface area contributed by atoms with Gasteiger partial charge in [0.25, 0.3) is 0 Å². The third-order valence-corrected chi connectivity index (χ3v) is 7.37. The number of fused-ring (bicyclic) bond motifs is 1. The second kappa shape index (κ2) is 6.23. The fraction of sp³-hybridized carbons (Fsp3) is 0.765. The molecular weight excluding hydrogens is 298 g/mol. The molecule has 3 aliphatic rings. The molecule has 1 spiro atoms. The molecule has 0 aromatic carbocycles. The maximum atomic E-state index is 6.23. The first-order valence-corrected chi connectivity index (χ1v) is 10.4. The van der Waals surface area contributed by atoms with Crippen LogP contribution in [0.3, 0.4) is 0 Å². The lowest BCUT2D eigenvalue weighted by atomic mass is 9.84. The van der Waals surface area contributed by atoms with Crippen molar-refractivity contribution in [2.24, 2.45) is 0 Å². The number of aryl methyl sites for hydroxylation is 1. The van der Waals surface area contributed by atoms with E-state index in [9.17, 15) is 0 Å². The van der Waals surface area contributed by atoms with Crippen molar-refractivity contribution >= 4 is 23.1 Å². The summed E-state index contributed by atoms with van der Waals surface area (Å²) in [5.41, 5.74) is 1.79. The molecule has 0 amide bonds. The fourth-order valence-corrected chi connectivity index (χ4v) is 6.43. The summed E-state index contributed by atoms with van der Waals surface area (Å²) in [6.07, 6.45) is 8.86. The van der Waals surface area contributed by atoms with E-state index in [1.807, 2.05) is 11.3 Å². The van der Waals surface area contributed by atoms with Gasteiger partial charge in [-0.1, -0.05) is 0 Å². The van der Waals surface area contributed by atoms with Crippen molar-refractivity contribution in [1.29, 1.82) is 0 Å². The predicted molar refractivity (Wildman–Crippen MR) is 91.4 cm³/mol. The minimum Gasteiger partial charge on any atom is -0.375 e. The van der Waals surface area contributed by atoms with Crippen LogP contribution < -0.4 is 5.32 Å². The van der Waals surface area contributed by atoms with Crippen LogP contribution in [0.2, 0.25) is 0 Å². The number of thioether (sulfide) groups is 1. The molecule has 2 fully saturated rings. The molecule has 2 saturated heterocycles. The Morgan fingerprint density at radius 2 is 2.14 bits per heavy atom. The van der Waals surface area contributed by atoms with E-state index >= 15 is 0 Å². The number of hydrogen-bond donors (Lipinski definition) is 1. The van der Waals surface area contributed by atoms with Crippen LogP contribution in [0.15, 0.2) is 11.4 Å². The Balaban J connectivity index is 1.43. The molecule has 1 N–H and O–H groups in total. The summed E-state index contributed by atoms with van der Waals surface area (Å²) in [5.74, 6) is 2.57. The SMILES string of the molecule is c1cc2c(s1)CCCC2NC1CCOC2(CCSCC2)C1. The Hall–Kier alpha value is -0.0300. The smallest absolute Gasteiger partial charge is 0.0713 e. The van der Waals surface area contributed by atoms with Gasteiger partial charge in [-0.05, 0) is 73.5 Å². The minimum absolute atomic E-state index is 0.202. The third kappa shape index (κ3) is 3.05. The summed E-state index contributed by atoms with van der Waals surface area (Å²) in [4.78, 5) is 1.62. The Kier molecular flexibility index (Phi) is 4.32. The van der Waals surface area contributed by atoms with Gasteiger partial charge < -0.3 is 10.1 Å². The summed E-state index contributed by atoms with van der Waals surface area (Å²) >= 11 is 4.04. The monoisotopic (exact) mass is 323 g/mol. The summed E-state index contributed by atoms with van der Waals surface area (Å²) in [5, 5.41) is 6.26. The highest BCUT2D eigenvalue weighted by Gasteiger charge is 2.39. The molecule has 2 atom stereocenters. The van der Waals surface area contributed by atoms with Gasteiger partial charge in [0.05, 0.1) is 5.60 Å². The van der Waals surface area contributed by atoms with E-state index in [1.165, 1.54) is 56.5 Å².